The monoisotopic (exact) mass is 223 g/mol. The topological polar surface area (TPSA) is 46.2 Å². The van der Waals surface area contributed by atoms with Gasteiger partial charge in [-0.1, -0.05) is 12.5 Å². The summed E-state index contributed by atoms with van der Waals surface area (Å²) in [5.41, 5.74) is 6.97. The summed E-state index contributed by atoms with van der Waals surface area (Å²) in [6.45, 7) is 4.34. The largest absolute Gasteiger partial charge is 0.508 e. The summed E-state index contributed by atoms with van der Waals surface area (Å²) < 4.78 is 0. The Labute approximate surface area is 99.2 Å². The lowest BCUT2D eigenvalue weighted by Gasteiger charge is -2.22. The predicted octanol–water partition coefficient (Wildman–Crippen LogP) is 3.69. The Morgan fingerprint density at radius 1 is 1.25 bits per heavy atom. The standard InChI is InChI=1S/C7H15N.C7H10O/c1-6-2-4-7(8)5-3-6;1-6-3-2-4-7(8)5-6/h6-7H,2-5,8H2,1H3;4-5,8H,2-3H2,1H3. The number of rotatable bonds is 0. The van der Waals surface area contributed by atoms with E-state index >= 15 is 0 Å². The smallest absolute Gasteiger partial charge is 0.111 e. The van der Waals surface area contributed by atoms with Crippen LogP contribution in [0.25, 0.3) is 0 Å². The van der Waals surface area contributed by atoms with E-state index in [4.69, 9.17) is 10.8 Å². The molecule has 0 spiro atoms. The highest BCUT2D eigenvalue weighted by Crippen LogP contribution is 2.21. The highest BCUT2D eigenvalue weighted by molar-refractivity contribution is 5.20. The molecule has 0 aromatic heterocycles. The van der Waals surface area contributed by atoms with Crippen molar-refractivity contribution in [3.05, 3.63) is 23.5 Å². The van der Waals surface area contributed by atoms with Gasteiger partial charge in [0.15, 0.2) is 0 Å². The molecule has 2 rings (SSSR count). The Balaban J connectivity index is 0.000000160. The van der Waals surface area contributed by atoms with Gasteiger partial charge in [-0.15, -0.1) is 0 Å². The minimum atomic E-state index is 0.425. The molecule has 0 amide bonds. The van der Waals surface area contributed by atoms with Crippen LogP contribution in [0, 0.1) is 5.92 Å². The molecule has 2 aliphatic carbocycles. The zero-order chi connectivity index (χ0) is 12.0. The molecule has 0 heterocycles. The van der Waals surface area contributed by atoms with Crippen molar-refractivity contribution in [3.8, 4) is 0 Å². The molecule has 0 aromatic carbocycles. The molecular weight excluding hydrogens is 198 g/mol. The first-order valence-corrected chi connectivity index (χ1v) is 6.40. The van der Waals surface area contributed by atoms with Crippen molar-refractivity contribution in [2.24, 2.45) is 11.7 Å². The van der Waals surface area contributed by atoms with Gasteiger partial charge in [0.2, 0.25) is 0 Å². The minimum absolute atomic E-state index is 0.425. The second-order valence-electron chi connectivity index (χ2n) is 5.18. The second kappa shape index (κ2) is 6.74. The van der Waals surface area contributed by atoms with E-state index in [1.54, 1.807) is 0 Å². The highest BCUT2D eigenvalue weighted by Gasteiger charge is 2.13. The molecular formula is C14H25NO. The van der Waals surface area contributed by atoms with Crippen molar-refractivity contribution in [2.45, 2.75) is 58.4 Å². The maximum Gasteiger partial charge on any atom is 0.111 e. The van der Waals surface area contributed by atoms with Gasteiger partial charge in [0.1, 0.15) is 5.76 Å². The van der Waals surface area contributed by atoms with Crippen molar-refractivity contribution in [1.29, 1.82) is 0 Å². The fourth-order valence-corrected chi connectivity index (χ4v) is 2.12. The van der Waals surface area contributed by atoms with Crippen LogP contribution in [0.15, 0.2) is 23.5 Å². The summed E-state index contributed by atoms with van der Waals surface area (Å²) in [6, 6.07) is 0.520. The maximum atomic E-state index is 8.86. The molecule has 16 heavy (non-hydrogen) atoms. The number of hydrogen-bond donors (Lipinski definition) is 2. The Bertz CT molecular complexity index is 250. The molecule has 92 valence electrons. The first kappa shape index (κ1) is 13.3. The van der Waals surface area contributed by atoms with Gasteiger partial charge in [-0.05, 0) is 63.5 Å². The van der Waals surface area contributed by atoms with Gasteiger partial charge >= 0.3 is 0 Å². The van der Waals surface area contributed by atoms with E-state index < -0.39 is 0 Å². The van der Waals surface area contributed by atoms with Crippen molar-refractivity contribution in [3.63, 3.8) is 0 Å². The van der Waals surface area contributed by atoms with Crippen LogP contribution < -0.4 is 5.73 Å². The lowest BCUT2D eigenvalue weighted by atomic mass is 9.88. The van der Waals surface area contributed by atoms with E-state index in [9.17, 15) is 0 Å². The lowest BCUT2D eigenvalue weighted by molar-refractivity contribution is 0.348. The normalized spacial score (nSPS) is 29.7. The van der Waals surface area contributed by atoms with Crippen LogP contribution >= 0.6 is 0 Å². The van der Waals surface area contributed by atoms with E-state index in [1.807, 2.05) is 19.1 Å². The molecule has 2 aliphatic rings. The SMILES string of the molecule is CC1=CC(O)=CCC1.CC1CCC(N)CC1. The zero-order valence-electron chi connectivity index (χ0n) is 10.6. The highest BCUT2D eigenvalue weighted by atomic mass is 16.3. The van der Waals surface area contributed by atoms with Gasteiger partial charge in [-0.2, -0.15) is 0 Å². The summed E-state index contributed by atoms with van der Waals surface area (Å²) in [6.07, 6.45) is 10.9. The van der Waals surface area contributed by atoms with E-state index in [1.165, 1.54) is 31.3 Å². The van der Waals surface area contributed by atoms with Crippen molar-refractivity contribution in [2.75, 3.05) is 0 Å². The molecule has 2 heteroatoms. The molecule has 0 aliphatic heterocycles. The maximum absolute atomic E-state index is 8.86. The van der Waals surface area contributed by atoms with Crippen LogP contribution in [0.3, 0.4) is 0 Å². The molecule has 0 radical (unpaired) electrons. The number of hydrogen-bond acceptors (Lipinski definition) is 2. The third-order valence-corrected chi connectivity index (χ3v) is 3.35. The third-order valence-electron chi connectivity index (χ3n) is 3.35. The zero-order valence-corrected chi connectivity index (χ0v) is 10.6. The summed E-state index contributed by atoms with van der Waals surface area (Å²) in [5, 5.41) is 8.86. The molecule has 0 aromatic rings. The molecule has 1 saturated carbocycles. The number of nitrogens with two attached hydrogens (primary N) is 1. The van der Waals surface area contributed by atoms with Gasteiger partial charge in [0, 0.05) is 6.04 Å². The lowest BCUT2D eigenvalue weighted by Crippen LogP contribution is -2.25. The van der Waals surface area contributed by atoms with E-state index in [2.05, 4.69) is 6.92 Å². The molecule has 0 bridgehead atoms. The average molecular weight is 223 g/mol. The van der Waals surface area contributed by atoms with Gasteiger partial charge in [0.25, 0.3) is 0 Å². The fraction of sp³-hybridized carbons (Fsp3) is 0.714. The Morgan fingerprint density at radius 3 is 2.25 bits per heavy atom. The van der Waals surface area contributed by atoms with Gasteiger partial charge in [0.05, 0.1) is 0 Å². The molecule has 0 saturated heterocycles. The first-order chi connectivity index (χ1) is 7.58. The van der Waals surface area contributed by atoms with Gasteiger partial charge in [-0.25, -0.2) is 0 Å². The van der Waals surface area contributed by atoms with Crippen LogP contribution in [-0.2, 0) is 0 Å². The van der Waals surface area contributed by atoms with Crippen molar-refractivity contribution in [1.82, 2.24) is 0 Å². The van der Waals surface area contributed by atoms with Gasteiger partial charge in [-0.3, -0.25) is 0 Å². The van der Waals surface area contributed by atoms with Crippen LogP contribution in [-0.4, -0.2) is 11.1 Å². The number of aliphatic hydroxyl groups excluding tert-OH is 1. The number of aliphatic hydroxyl groups is 1. The summed E-state index contributed by atoms with van der Waals surface area (Å²) in [5.74, 6) is 1.36. The molecule has 0 unspecified atom stereocenters. The molecule has 1 fully saturated rings. The van der Waals surface area contributed by atoms with Crippen LogP contribution in [0.2, 0.25) is 0 Å². The Morgan fingerprint density at radius 2 is 1.88 bits per heavy atom. The Hall–Kier alpha value is -0.760. The van der Waals surface area contributed by atoms with E-state index in [0.29, 0.717) is 11.8 Å². The van der Waals surface area contributed by atoms with Gasteiger partial charge < -0.3 is 10.8 Å². The van der Waals surface area contributed by atoms with E-state index in [-0.39, 0.29) is 0 Å². The van der Waals surface area contributed by atoms with Crippen molar-refractivity contribution < 1.29 is 5.11 Å². The fourth-order valence-electron chi connectivity index (χ4n) is 2.12. The third kappa shape index (κ3) is 5.36. The summed E-state index contributed by atoms with van der Waals surface area (Å²) in [4.78, 5) is 0. The second-order valence-corrected chi connectivity index (χ2v) is 5.18. The van der Waals surface area contributed by atoms with Crippen LogP contribution in [0.4, 0.5) is 0 Å². The summed E-state index contributed by atoms with van der Waals surface area (Å²) >= 11 is 0. The quantitative estimate of drug-likeness (QED) is 0.658. The molecule has 3 N–H and O–H groups in total. The average Bonchev–Trinajstić information content (AvgIpc) is 2.23. The first-order valence-electron chi connectivity index (χ1n) is 6.40. The van der Waals surface area contributed by atoms with Crippen LogP contribution in [0.1, 0.15) is 52.4 Å². The minimum Gasteiger partial charge on any atom is -0.508 e. The molecule has 0 atom stereocenters. The molecule has 2 nitrogen and oxygen atoms in total. The van der Waals surface area contributed by atoms with Crippen molar-refractivity contribution >= 4 is 0 Å². The predicted molar refractivity (Wildman–Crippen MR) is 69.3 cm³/mol. The van der Waals surface area contributed by atoms with Crippen LogP contribution in [0.5, 0.6) is 0 Å². The number of allylic oxidation sites excluding steroid dienone is 3. The Kier molecular flexibility index (Phi) is 5.61. The van der Waals surface area contributed by atoms with E-state index in [0.717, 1.165) is 18.8 Å². The summed E-state index contributed by atoms with van der Waals surface area (Å²) in [7, 11) is 0.